The fourth-order valence-electron chi connectivity index (χ4n) is 4.49. The number of carbonyl (C=O) groups is 2. The van der Waals surface area contributed by atoms with Crippen molar-refractivity contribution in [3.63, 3.8) is 0 Å². The van der Waals surface area contributed by atoms with Gasteiger partial charge in [0.25, 0.3) is 0 Å². The summed E-state index contributed by atoms with van der Waals surface area (Å²) < 4.78 is 13.5. The minimum atomic E-state index is -1.02. The minimum Gasteiger partial charge on any atom is -0.344 e. The number of halogens is 1. The first kappa shape index (κ1) is 26.2. The van der Waals surface area contributed by atoms with E-state index < -0.39 is 11.6 Å². The van der Waals surface area contributed by atoms with Gasteiger partial charge in [0.15, 0.2) is 0 Å². The first-order chi connectivity index (χ1) is 18.0. The van der Waals surface area contributed by atoms with Gasteiger partial charge in [0.1, 0.15) is 17.4 Å². The Morgan fingerprint density at radius 1 is 0.730 bits per heavy atom. The molecule has 0 saturated heterocycles. The standard InChI is InChI=1S/C31H29FN2O2S/c32-27-18-16-23(17-19-27)22-28(33-29(35)20-21-37)30(36)34-31(24-10-4-1-5-11-24,25-12-6-2-7-13-25)26-14-8-3-9-15-26/h1-19,28,37H,20-22H2,(H,33,35)(H,34,36)/t28-/m0/s1. The second-order valence-electron chi connectivity index (χ2n) is 8.76. The molecule has 0 aliphatic carbocycles. The van der Waals surface area contributed by atoms with Crippen molar-refractivity contribution in [3.8, 4) is 0 Å². The van der Waals surface area contributed by atoms with Crippen LogP contribution in [0, 0.1) is 5.82 Å². The zero-order chi connectivity index (χ0) is 26.1. The summed E-state index contributed by atoms with van der Waals surface area (Å²) in [6, 6.07) is 34.4. The van der Waals surface area contributed by atoms with Crippen LogP contribution in [0.1, 0.15) is 28.7 Å². The van der Waals surface area contributed by atoms with Gasteiger partial charge < -0.3 is 10.6 Å². The van der Waals surface area contributed by atoms with Crippen LogP contribution in [0.4, 0.5) is 4.39 Å². The molecule has 6 heteroatoms. The maximum atomic E-state index is 14.1. The highest BCUT2D eigenvalue weighted by atomic mass is 32.1. The normalized spacial score (nSPS) is 11.9. The summed E-state index contributed by atoms with van der Waals surface area (Å²) in [6.07, 6.45) is 0.385. The first-order valence-corrected chi connectivity index (χ1v) is 12.8. The Labute approximate surface area is 222 Å². The monoisotopic (exact) mass is 512 g/mol. The number of carbonyl (C=O) groups excluding carboxylic acids is 2. The highest BCUT2D eigenvalue weighted by Gasteiger charge is 2.39. The van der Waals surface area contributed by atoms with Gasteiger partial charge in [-0.2, -0.15) is 12.6 Å². The van der Waals surface area contributed by atoms with Crippen molar-refractivity contribution in [1.29, 1.82) is 0 Å². The van der Waals surface area contributed by atoms with Crippen LogP contribution >= 0.6 is 12.6 Å². The van der Waals surface area contributed by atoms with Crippen LogP contribution in [-0.2, 0) is 21.5 Å². The molecule has 37 heavy (non-hydrogen) atoms. The largest absolute Gasteiger partial charge is 0.344 e. The van der Waals surface area contributed by atoms with Gasteiger partial charge in [0.2, 0.25) is 11.8 Å². The van der Waals surface area contributed by atoms with E-state index in [1.165, 1.54) is 12.1 Å². The number of benzene rings is 4. The van der Waals surface area contributed by atoms with E-state index >= 15 is 0 Å². The van der Waals surface area contributed by atoms with Gasteiger partial charge in [0.05, 0.1) is 0 Å². The van der Waals surface area contributed by atoms with Crippen molar-refractivity contribution in [2.75, 3.05) is 5.75 Å². The molecule has 0 aliphatic rings. The maximum Gasteiger partial charge on any atom is 0.244 e. The maximum absolute atomic E-state index is 14.1. The van der Waals surface area contributed by atoms with Crippen LogP contribution in [0.25, 0.3) is 0 Å². The van der Waals surface area contributed by atoms with Crippen LogP contribution in [0.2, 0.25) is 0 Å². The van der Waals surface area contributed by atoms with E-state index in [9.17, 15) is 14.0 Å². The predicted molar refractivity (Wildman–Crippen MR) is 148 cm³/mol. The fourth-order valence-corrected chi connectivity index (χ4v) is 4.69. The number of hydrogen-bond donors (Lipinski definition) is 3. The van der Waals surface area contributed by atoms with E-state index in [1.54, 1.807) is 12.1 Å². The summed E-state index contributed by atoms with van der Waals surface area (Å²) in [5, 5.41) is 6.18. The molecule has 0 fully saturated rings. The summed E-state index contributed by atoms with van der Waals surface area (Å²) in [6.45, 7) is 0. The molecule has 0 spiro atoms. The third kappa shape index (κ3) is 6.27. The van der Waals surface area contributed by atoms with Crippen molar-refractivity contribution in [2.24, 2.45) is 0 Å². The molecule has 4 aromatic carbocycles. The van der Waals surface area contributed by atoms with Crippen molar-refractivity contribution in [3.05, 3.63) is 143 Å². The summed E-state index contributed by atoms with van der Waals surface area (Å²) >= 11 is 4.15. The van der Waals surface area contributed by atoms with Crippen LogP contribution in [0.5, 0.6) is 0 Å². The number of hydrogen-bond acceptors (Lipinski definition) is 3. The minimum absolute atomic E-state index is 0.178. The van der Waals surface area contributed by atoms with E-state index in [1.807, 2.05) is 91.0 Å². The highest BCUT2D eigenvalue weighted by molar-refractivity contribution is 7.80. The topological polar surface area (TPSA) is 58.2 Å². The quantitative estimate of drug-likeness (QED) is 0.200. The molecule has 0 bridgehead atoms. The zero-order valence-electron chi connectivity index (χ0n) is 20.3. The molecular weight excluding hydrogens is 483 g/mol. The first-order valence-electron chi connectivity index (χ1n) is 12.2. The third-order valence-corrected chi connectivity index (χ3v) is 6.50. The predicted octanol–water partition coefficient (Wildman–Crippen LogP) is 5.28. The molecule has 4 nitrogen and oxygen atoms in total. The highest BCUT2D eigenvalue weighted by Crippen LogP contribution is 2.37. The summed E-state index contributed by atoms with van der Waals surface area (Å²) in [5.41, 5.74) is 2.35. The Bertz CT molecular complexity index is 1200. The van der Waals surface area contributed by atoms with E-state index in [2.05, 4.69) is 23.3 Å². The van der Waals surface area contributed by atoms with Crippen LogP contribution < -0.4 is 10.6 Å². The lowest BCUT2D eigenvalue weighted by atomic mass is 9.76. The van der Waals surface area contributed by atoms with Crippen molar-refractivity contribution >= 4 is 24.4 Å². The SMILES string of the molecule is O=C(CCS)N[C@@H](Cc1ccc(F)cc1)C(=O)NC(c1ccccc1)(c1ccccc1)c1ccccc1. The van der Waals surface area contributed by atoms with Crippen LogP contribution in [-0.4, -0.2) is 23.6 Å². The molecule has 1 atom stereocenters. The molecule has 4 aromatic rings. The molecule has 0 radical (unpaired) electrons. The molecule has 2 N–H and O–H groups in total. The van der Waals surface area contributed by atoms with Crippen LogP contribution in [0.15, 0.2) is 115 Å². The summed E-state index contributed by atoms with van der Waals surface area (Å²) in [5.74, 6) is -0.630. The second-order valence-corrected chi connectivity index (χ2v) is 9.21. The lowest BCUT2D eigenvalue weighted by Gasteiger charge is -2.38. The Balaban J connectivity index is 1.80. The molecule has 0 unspecified atom stereocenters. The summed E-state index contributed by atoms with van der Waals surface area (Å²) in [4.78, 5) is 26.6. The second kappa shape index (κ2) is 12.4. The Morgan fingerprint density at radius 3 is 1.62 bits per heavy atom. The number of rotatable bonds is 10. The van der Waals surface area contributed by atoms with E-state index in [0.717, 1.165) is 22.3 Å². The molecule has 4 rings (SSSR count). The van der Waals surface area contributed by atoms with Crippen molar-refractivity contribution in [2.45, 2.75) is 24.4 Å². The molecule has 2 amide bonds. The van der Waals surface area contributed by atoms with Crippen molar-refractivity contribution in [1.82, 2.24) is 10.6 Å². The van der Waals surface area contributed by atoms with Gasteiger partial charge >= 0.3 is 0 Å². The van der Waals surface area contributed by atoms with Gasteiger partial charge in [-0.15, -0.1) is 0 Å². The molecule has 188 valence electrons. The molecule has 0 aromatic heterocycles. The van der Waals surface area contributed by atoms with Gasteiger partial charge in [-0.25, -0.2) is 4.39 Å². The smallest absolute Gasteiger partial charge is 0.244 e. The van der Waals surface area contributed by atoms with Crippen LogP contribution in [0.3, 0.4) is 0 Å². The Morgan fingerprint density at radius 2 is 1.19 bits per heavy atom. The van der Waals surface area contributed by atoms with Gasteiger partial charge in [-0.05, 0) is 40.1 Å². The Hall–Kier alpha value is -3.90. The fraction of sp³-hybridized carbons (Fsp3) is 0.161. The molecule has 0 aliphatic heterocycles. The number of thiol groups is 1. The Kier molecular flexibility index (Phi) is 8.75. The van der Waals surface area contributed by atoms with E-state index in [-0.39, 0.29) is 30.5 Å². The molecular formula is C31H29FN2O2S. The average Bonchev–Trinajstić information content (AvgIpc) is 2.94. The molecule has 0 saturated carbocycles. The lowest BCUT2D eigenvalue weighted by molar-refractivity contribution is -0.129. The zero-order valence-corrected chi connectivity index (χ0v) is 21.2. The van der Waals surface area contributed by atoms with Gasteiger partial charge in [-0.3, -0.25) is 9.59 Å². The number of amides is 2. The third-order valence-electron chi connectivity index (χ3n) is 6.27. The van der Waals surface area contributed by atoms with Gasteiger partial charge in [-0.1, -0.05) is 103 Å². The average molecular weight is 513 g/mol. The number of nitrogens with one attached hydrogen (secondary N) is 2. The van der Waals surface area contributed by atoms with E-state index in [4.69, 9.17) is 0 Å². The van der Waals surface area contributed by atoms with Gasteiger partial charge in [0, 0.05) is 12.8 Å². The van der Waals surface area contributed by atoms with Crippen molar-refractivity contribution < 1.29 is 14.0 Å². The molecule has 0 heterocycles. The summed E-state index contributed by atoms with van der Waals surface area (Å²) in [7, 11) is 0. The van der Waals surface area contributed by atoms with E-state index in [0.29, 0.717) is 5.75 Å². The lowest BCUT2D eigenvalue weighted by Crippen LogP contribution is -2.55.